The van der Waals surface area contributed by atoms with E-state index in [-0.39, 0.29) is 0 Å². The van der Waals surface area contributed by atoms with Crippen molar-refractivity contribution in [3.05, 3.63) is 54.9 Å². The van der Waals surface area contributed by atoms with Crippen LogP contribution in [0.15, 0.2) is 54.2 Å². The van der Waals surface area contributed by atoms with Crippen molar-refractivity contribution in [2.24, 2.45) is 7.05 Å². The fraction of sp³-hybridized carbons (Fsp3) is 0.300. The van der Waals surface area contributed by atoms with Gasteiger partial charge in [0.05, 0.1) is 23.9 Å². The average Bonchev–Trinajstić information content (AvgIpc) is 3.41. The summed E-state index contributed by atoms with van der Waals surface area (Å²) >= 11 is 1.72. The minimum atomic E-state index is 0.824. The number of rotatable bonds is 7. The second-order valence-corrected chi connectivity index (χ2v) is 7.59. The summed E-state index contributed by atoms with van der Waals surface area (Å²) in [5, 5.41) is 13.8. The van der Waals surface area contributed by atoms with E-state index in [1.165, 1.54) is 0 Å². The van der Waals surface area contributed by atoms with E-state index in [9.17, 15) is 0 Å². The summed E-state index contributed by atoms with van der Waals surface area (Å²) in [7, 11) is 1.93. The number of hydrogen-bond acceptors (Lipinski definition) is 5. The second-order valence-electron chi connectivity index (χ2n) is 6.53. The van der Waals surface area contributed by atoms with E-state index >= 15 is 0 Å². The maximum Gasteiger partial charge on any atom is 0.191 e. The van der Waals surface area contributed by atoms with Gasteiger partial charge in [0.15, 0.2) is 5.16 Å². The molecule has 28 heavy (non-hydrogen) atoms. The Balaban J connectivity index is 1.61. The minimum absolute atomic E-state index is 0.824. The highest BCUT2D eigenvalue weighted by Gasteiger charge is 2.16. The molecule has 3 aromatic heterocycles. The van der Waals surface area contributed by atoms with E-state index in [0.29, 0.717) is 0 Å². The Bertz CT molecular complexity index is 1060. The quantitative estimate of drug-likeness (QED) is 0.448. The molecule has 0 aliphatic heterocycles. The number of thioether (sulfide) groups is 1. The van der Waals surface area contributed by atoms with Crippen molar-refractivity contribution in [2.75, 3.05) is 5.75 Å². The maximum absolute atomic E-state index is 4.72. The van der Waals surface area contributed by atoms with Gasteiger partial charge < -0.3 is 9.13 Å². The molecule has 4 rings (SSSR count). The van der Waals surface area contributed by atoms with E-state index in [4.69, 9.17) is 4.98 Å². The molecule has 0 radical (unpaired) electrons. The number of imidazole rings is 1. The van der Waals surface area contributed by atoms with Crippen molar-refractivity contribution in [3.8, 4) is 22.5 Å². The topological polar surface area (TPSA) is 66.3 Å². The van der Waals surface area contributed by atoms with Crippen LogP contribution in [-0.4, -0.2) is 39.8 Å². The van der Waals surface area contributed by atoms with Gasteiger partial charge in [-0.2, -0.15) is 5.10 Å². The van der Waals surface area contributed by atoms with Crippen LogP contribution >= 0.6 is 11.8 Å². The molecule has 0 atom stereocenters. The summed E-state index contributed by atoms with van der Waals surface area (Å²) in [5.74, 6) is 1.84. The first-order valence-corrected chi connectivity index (χ1v) is 10.3. The van der Waals surface area contributed by atoms with Crippen molar-refractivity contribution in [3.63, 3.8) is 0 Å². The largest absolute Gasteiger partial charge is 0.329 e. The lowest BCUT2D eigenvalue weighted by atomic mass is 10.1. The predicted octanol–water partition coefficient (Wildman–Crippen LogP) is 3.66. The fourth-order valence-electron chi connectivity index (χ4n) is 3.27. The van der Waals surface area contributed by atoms with Crippen LogP contribution in [-0.2, 0) is 20.1 Å². The Morgan fingerprint density at radius 2 is 1.89 bits per heavy atom. The van der Waals surface area contributed by atoms with E-state index in [0.717, 1.165) is 52.3 Å². The van der Waals surface area contributed by atoms with Crippen LogP contribution in [0, 0.1) is 6.92 Å². The average molecular weight is 394 g/mol. The molecule has 0 fully saturated rings. The van der Waals surface area contributed by atoms with Crippen LogP contribution < -0.4 is 0 Å². The van der Waals surface area contributed by atoms with Gasteiger partial charge in [-0.1, -0.05) is 42.1 Å². The van der Waals surface area contributed by atoms with E-state index < -0.39 is 0 Å². The van der Waals surface area contributed by atoms with Gasteiger partial charge in [0.2, 0.25) is 0 Å². The number of hydrogen-bond donors (Lipinski definition) is 0. The van der Waals surface area contributed by atoms with Crippen LogP contribution in [0.1, 0.15) is 12.7 Å². The third-order valence-electron chi connectivity index (χ3n) is 4.64. The van der Waals surface area contributed by atoms with E-state index in [1.807, 2.05) is 55.6 Å². The molecule has 4 aromatic rings. The van der Waals surface area contributed by atoms with Crippen LogP contribution in [0.25, 0.3) is 22.5 Å². The number of benzene rings is 1. The fourth-order valence-corrected chi connectivity index (χ4v) is 4.26. The summed E-state index contributed by atoms with van der Waals surface area (Å²) in [4.78, 5) is 4.72. The first-order valence-electron chi connectivity index (χ1n) is 9.29. The monoisotopic (exact) mass is 393 g/mol. The van der Waals surface area contributed by atoms with Gasteiger partial charge in [-0.25, -0.2) is 4.98 Å². The van der Waals surface area contributed by atoms with Crippen molar-refractivity contribution < 1.29 is 0 Å². The van der Waals surface area contributed by atoms with Crippen molar-refractivity contribution in [1.82, 2.24) is 34.1 Å². The molecule has 0 N–H and O–H groups in total. The van der Waals surface area contributed by atoms with Gasteiger partial charge in [0.25, 0.3) is 0 Å². The molecule has 144 valence electrons. The third-order valence-corrected chi connectivity index (χ3v) is 5.59. The van der Waals surface area contributed by atoms with Gasteiger partial charge in [-0.3, -0.25) is 4.68 Å². The van der Waals surface area contributed by atoms with Crippen molar-refractivity contribution in [1.29, 1.82) is 0 Å². The lowest BCUT2D eigenvalue weighted by Crippen LogP contribution is -2.04. The molecule has 0 amide bonds. The predicted molar refractivity (Wildman–Crippen MR) is 111 cm³/mol. The Hall–Kier alpha value is -2.87. The molecule has 0 aliphatic carbocycles. The van der Waals surface area contributed by atoms with Crippen molar-refractivity contribution >= 4 is 11.8 Å². The molecule has 0 saturated carbocycles. The molecular formula is C20H23N7S. The summed E-state index contributed by atoms with van der Waals surface area (Å²) in [6.45, 7) is 5.81. The van der Waals surface area contributed by atoms with Crippen LogP contribution in [0.5, 0.6) is 0 Å². The normalized spacial score (nSPS) is 11.2. The highest BCUT2D eigenvalue weighted by Crippen LogP contribution is 2.31. The third kappa shape index (κ3) is 3.60. The molecule has 0 bridgehead atoms. The lowest BCUT2D eigenvalue weighted by Gasteiger charge is -2.09. The smallest absolute Gasteiger partial charge is 0.191 e. The molecule has 0 saturated heterocycles. The summed E-state index contributed by atoms with van der Waals surface area (Å²) in [6, 6.07) is 10.3. The zero-order valence-electron chi connectivity index (χ0n) is 16.3. The van der Waals surface area contributed by atoms with Gasteiger partial charge >= 0.3 is 0 Å². The first-order chi connectivity index (χ1) is 13.7. The number of aryl methyl sites for hydroxylation is 3. The minimum Gasteiger partial charge on any atom is -0.329 e. The molecule has 0 unspecified atom stereocenters. The Morgan fingerprint density at radius 1 is 1.07 bits per heavy atom. The molecule has 0 aliphatic rings. The highest BCUT2D eigenvalue weighted by molar-refractivity contribution is 7.99. The standard InChI is InChI=1S/C20H23N7S/c1-4-27-15(2)23-24-20(27)28-11-10-26-14-21-18(16-8-6-5-7-9-16)19(26)17-12-22-25(3)13-17/h5-9,12-14H,4,10-11H2,1-3H3. The molecular weight excluding hydrogens is 370 g/mol. The summed E-state index contributed by atoms with van der Waals surface area (Å²) < 4.78 is 6.16. The summed E-state index contributed by atoms with van der Waals surface area (Å²) in [6.07, 6.45) is 5.84. The zero-order chi connectivity index (χ0) is 19.5. The SMILES string of the molecule is CCn1c(C)nnc1SCCn1cnc(-c2ccccc2)c1-c1cnn(C)c1. The first kappa shape index (κ1) is 18.5. The molecule has 8 heteroatoms. The Labute approximate surface area is 168 Å². The second kappa shape index (κ2) is 8.02. The van der Waals surface area contributed by atoms with Gasteiger partial charge in [-0.05, 0) is 13.8 Å². The Kier molecular flexibility index (Phi) is 5.29. The van der Waals surface area contributed by atoms with Crippen LogP contribution in [0.3, 0.4) is 0 Å². The molecule has 1 aromatic carbocycles. The molecule has 3 heterocycles. The van der Waals surface area contributed by atoms with E-state index in [2.05, 4.69) is 43.5 Å². The molecule has 7 nitrogen and oxygen atoms in total. The Morgan fingerprint density at radius 3 is 2.61 bits per heavy atom. The van der Waals surface area contributed by atoms with E-state index in [1.54, 1.807) is 11.8 Å². The van der Waals surface area contributed by atoms with Gasteiger partial charge in [0, 0.05) is 43.2 Å². The number of nitrogens with zero attached hydrogens (tertiary/aromatic N) is 7. The zero-order valence-corrected chi connectivity index (χ0v) is 17.1. The van der Waals surface area contributed by atoms with Crippen LogP contribution in [0.4, 0.5) is 0 Å². The number of aromatic nitrogens is 7. The van der Waals surface area contributed by atoms with Crippen LogP contribution in [0.2, 0.25) is 0 Å². The molecule has 0 spiro atoms. The lowest BCUT2D eigenvalue weighted by molar-refractivity contribution is 0.660. The summed E-state index contributed by atoms with van der Waals surface area (Å²) in [5.41, 5.74) is 4.24. The maximum atomic E-state index is 4.72. The highest BCUT2D eigenvalue weighted by atomic mass is 32.2. The van der Waals surface area contributed by atoms with Crippen molar-refractivity contribution in [2.45, 2.75) is 32.1 Å². The van der Waals surface area contributed by atoms with Gasteiger partial charge in [0.1, 0.15) is 5.82 Å². The van der Waals surface area contributed by atoms with Gasteiger partial charge in [-0.15, -0.1) is 10.2 Å².